The van der Waals surface area contributed by atoms with Gasteiger partial charge in [-0.25, -0.2) is 4.39 Å². The zero-order chi connectivity index (χ0) is 11.4. The molecule has 2 aromatic rings. The molecular formula is C11H12FN3O. The zero-order valence-corrected chi connectivity index (χ0v) is 8.85. The third kappa shape index (κ3) is 2.64. The fraction of sp³-hybridized carbons (Fsp3) is 0.273. The van der Waals surface area contributed by atoms with Gasteiger partial charge in [0.05, 0.1) is 6.04 Å². The molecule has 4 nitrogen and oxygen atoms in total. The standard InChI is InChI=1S/C11H12FN3O/c1-8(11-14-7-16-15-11)13-6-9-2-4-10(12)5-3-9/h2-5,7-8,13H,6H2,1H3. The fourth-order valence-electron chi connectivity index (χ4n) is 1.33. The Balaban J connectivity index is 1.90. The Labute approximate surface area is 92.5 Å². The van der Waals surface area contributed by atoms with Gasteiger partial charge in [-0.2, -0.15) is 4.98 Å². The van der Waals surface area contributed by atoms with Crippen molar-refractivity contribution in [1.29, 1.82) is 0 Å². The Morgan fingerprint density at radius 1 is 1.38 bits per heavy atom. The minimum absolute atomic E-state index is 0.00352. The lowest BCUT2D eigenvalue weighted by atomic mass is 10.2. The Kier molecular flexibility index (Phi) is 3.26. The number of benzene rings is 1. The Bertz CT molecular complexity index is 427. The van der Waals surface area contributed by atoms with Crippen molar-refractivity contribution in [3.05, 3.63) is 47.9 Å². The first-order valence-corrected chi connectivity index (χ1v) is 5.00. The molecule has 0 bridgehead atoms. The largest absolute Gasteiger partial charge is 0.343 e. The molecule has 1 N–H and O–H groups in total. The first kappa shape index (κ1) is 10.8. The number of hydrogen-bond donors (Lipinski definition) is 1. The molecule has 16 heavy (non-hydrogen) atoms. The number of nitrogens with zero attached hydrogens (tertiary/aromatic N) is 2. The van der Waals surface area contributed by atoms with Crippen LogP contribution < -0.4 is 5.32 Å². The summed E-state index contributed by atoms with van der Waals surface area (Å²) >= 11 is 0. The van der Waals surface area contributed by atoms with E-state index in [4.69, 9.17) is 0 Å². The van der Waals surface area contributed by atoms with Crippen LogP contribution >= 0.6 is 0 Å². The highest BCUT2D eigenvalue weighted by atomic mass is 19.1. The molecule has 1 heterocycles. The van der Waals surface area contributed by atoms with E-state index in [1.807, 2.05) is 6.92 Å². The fourth-order valence-corrected chi connectivity index (χ4v) is 1.33. The molecule has 2 rings (SSSR count). The van der Waals surface area contributed by atoms with Crippen LogP contribution in [0, 0.1) is 5.82 Å². The monoisotopic (exact) mass is 221 g/mol. The highest BCUT2D eigenvalue weighted by Crippen LogP contribution is 2.08. The second kappa shape index (κ2) is 4.85. The molecule has 5 heteroatoms. The molecule has 0 aliphatic rings. The minimum Gasteiger partial charge on any atom is -0.343 e. The summed E-state index contributed by atoms with van der Waals surface area (Å²) in [6, 6.07) is 6.37. The van der Waals surface area contributed by atoms with E-state index in [1.54, 1.807) is 12.1 Å². The van der Waals surface area contributed by atoms with E-state index in [1.165, 1.54) is 18.5 Å². The maximum Gasteiger partial charge on any atom is 0.213 e. The number of aromatic nitrogens is 2. The van der Waals surface area contributed by atoms with Crippen molar-refractivity contribution < 1.29 is 8.91 Å². The SMILES string of the molecule is CC(NCc1ccc(F)cc1)c1ncon1. The Morgan fingerprint density at radius 3 is 2.75 bits per heavy atom. The highest BCUT2D eigenvalue weighted by molar-refractivity contribution is 5.15. The predicted octanol–water partition coefficient (Wildman–Crippen LogP) is 2.06. The van der Waals surface area contributed by atoms with Gasteiger partial charge in [-0.05, 0) is 24.6 Å². The summed E-state index contributed by atoms with van der Waals surface area (Å²) < 4.78 is 17.3. The summed E-state index contributed by atoms with van der Waals surface area (Å²) in [5, 5.41) is 6.95. The Morgan fingerprint density at radius 2 is 2.12 bits per heavy atom. The molecule has 84 valence electrons. The van der Waals surface area contributed by atoms with Crippen LogP contribution in [-0.2, 0) is 6.54 Å². The number of rotatable bonds is 4. The Hall–Kier alpha value is -1.75. The second-order valence-electron chi connectivity index (χ2n) is 3.52. The van der Waals surface area contributed by atoms with Gasteiger partial charge in [0.2, 0.25) is 6.39 Å². The van der Waals surface area contributed by atoms with Crippen LogP contribution in [0.2, 0.25) is 0 Å². The van der Waals surface area contributed by atoms with E-state index in [0.29, 0.717) is 12.4 Å². The van der Waals surface area contributed by atoms with Crippen molar-refractivity contribution in [2.75, 3.05) is 0 Å². The maximum atomic E-state index is 12.7. The van der Waals surface area contributed by atoms with E-state index in [-0.39, 0.29) is 11.9 Å². The second-order valence-corrected chi connectivity index (χ2v) is 3.52. The molecule has 0 spiro atoms. The molecule has 0 amide bonds. The lowest BCUT2D eigenvalue weighted by molar-refractivity contribution is 0.398. The van der Waals surface area contributed by atoms with Crippen LogP contribution in [-0.4, -0.2) is 10.1 Å². The highest BCUT2D eigenvalue weighted by Gasteiger charge is 2.08. The molecule has 0 aliphatic carbocycles. The summed E-state index contributed by atoms with van der Waals surface area (Å²) in [5.41, 5.74) is 1.01. The van der Waals surface area contributed by atoms with Crippen molar-refractivity contribution in [2.45, 2.75) is 19.5 Å². The minimum atomic E-state index is -0.227. The molecule has 1 aromatic carbocycles. The lowest BCUT2D eigenvalue weighted by Crippen LogP contribution is -2.19. The number of halogens is 1. The predicted molar refractivity (Wildman–Crippen MR) is 56.0 cm³/mol. The van der Waals surface area contributed by atoms with Gasteiger partial charge in [-0.15, -0.1) is 0 Å². The molecule has 1 unspecified atom stereocenters. The van der Waals surface area contributed by atoms with Crippen molar-refractivity contribution in [1.82, 2.24) is 15.5 Å². The first-order chi connectivity index (χ1) is 7.75. The van der Waals surface area contributed by atoms with Crippen LogP contribution in [0.25, 0.3) is 0 Å². The van der Waals surface area contributed by atoms with E-state index in [0.717, 1.165) is 5.56 Å². The molecule has 0 saturated heterocycles. The van der Waals surface area contributed by atoms with Gasteiger partial charge in [-0.3, -0.25) is 0 Å². The van der Waals surface area contributed by atoms with Gasteiger partial charge < -0.3 is 9.84 Å². The molecule has 1 atom stereocenters. The number of nitrogens with one attached hydrogen (secondary N) is 1. The first-order valence-electron chi connectivity index (χ1n) is 5.00. The summed E-state index contributed by atoms with van der Waals surface area (Å²) in [4.78, 5) is 3.94. The van der Waals surface area contributed by atoms with Crippen molar-refractivity contribution in [2.24, 2.45) is 0 Å². The normalized spacial score (nSPS) is 12.6. The van der Waals surface area contributed by atoms with Crippen LogP contribution in [0.5, 0.6) is 0 Å². The van der Waals surface area contributed by atoms with Gasteiger partial charge in [0.25, 0.3) is 0 Å². The quantitative estimate of drug-likeness (QED) is 0.858. The summed E-state index contributed by atoms with van der Waals surface area (Å²) in [5.74, 6) is 0.386. The van der Waals surface area contributed by atoms with Crippen molar-refractivity contribution in [3.8, 4) is 0 Å². The van der Waals surface area contributed by atoms with Gasteiger partial charge >= 0.3 is 0 Å². The van der Waals surface area contributed by atoms with Crippen LogP contribution in [0.15, 0.2) is 35.2 Å². The summed E-state index contributed by atoms with van der Waals surface area (Å²) in [6.45, 7) is 2.57. The van der Waals surface area contributed by atoms with Crippen molar-refractivity contribution in [3.63, 3.8) is 0 Å². The van der Waals surface area contributed by atoms with Crippen LogP contribution in [0.3, 0.4) is 0 Å². The lowest BCUT2D eigenvalue weighted by Gasteiger charge is -2.09. The van der Waals surface area contributed by atoms with Crippen LogP contribution in [0.4, 0.5) is 4.39 Å². The third-order valence-corrected chi connectivity index (χ3v) is 2.29. The van der Waals surface area contributed by atoms with Gasteiger partial charge in [0, 0.05) is 6.54 Å². The molecule has 0 fully saturated rings. The average Bonchev–Trinajstić information content (AvgIpc) is 2.81. The summed E-state index contributed by atoms with van der Waals surface area (Å²) in [6.07, 6.45) is 1.30. The number of hydrogen-bond acceptors (Lipinski definition) is 4. The van der Waals surface area contributed by atoms with Gasteiger partial charge in [0.15, 0.2) is 5.82 Å². The molecular weight excluding hydrogens is 209 g/mol. The van der Waals surface area contributed by atoms with Gasteiger partial charge in [0.1, 0.15) is 5.82 Å². The van der Waals surface area contributed by atoms with E-state index < -0.39 is 0 Å². The zero-order valence-electron chi connectivity index (χ0n) is 8.85. The third-order valence-electron chi connectivity index (χ3n) is 2.29. The molecule has 0 radical (unpaired) electrons. The molecule has 0 aliphatic heterocycles. The van der Waals surface area contributed by atoms with Crippen LogP contribution in [0.1, 0.15) is 24.4 Å². The summed E-state index contributed by atoms with van der Waals surface area (Å²) in [7, 11) is 0. The topological polar surface area (TPSA) is 51.0 Å². The van der Waals surface area contributed by atoms with E-state index >= 15 is 0 Å². The van der Waals surface area contributed by atoms with Gasteiger partial charge in [-0.1, -0.05) is 17.3 Å². The van der Waals surface area contributed by atoms with E-state index in [2.05, 4.69) is 20.0 Å². The average molecular weight is 221 g/mol. The molecule has 0 saturated carbocycles. The molecule has 1 aromatic heterocycles. The van der Waals surface area contributed by atoms with E-state index in [9.17, 15) is 4.39 Å². The maximum absolute atomic E-state index is 12.7. The smallest absolute Gasteiger partial charge is 0.213 e. The van der Waals surface area contributed by atoms with Crippen molar-refractivity contribution >= 4 is 0 Å².